The second kappa shape index (κ2) is 6.88. The molecule has 106 valence electrons. The van der Waals surface area contributed by atoms with E-state index in [-0.39, 0.29) is 0 Å². The molecule has 3 heteroatoms. The first-order valence-corrected chi connectivity index (χ1v) is 7.83. The van der Waals surface area contributed by atoms with Crippen LogP contribution in [0.15, 0.2) is 0 Å². The zero-order chi connectivity index (χ0) is 12.8. The number of nitrogens with one attached hydrogen (secondary N) is 1. The predicted octanol–water partition coefficient (Wildman–Crippen LogP) is 2.27. The van der Waals surface area contributed by atoms with Crippen molar-refractivity contribution in [2.45, 2.75) is 52.1 Å². The molecule has 2 heterocycles. The minimum atomic E-state index is 0.498. The van der Waals surface area contributed by atoms with E-state index in [4.69, 9.17) is 4.74 Å². The van der Waals surface area contributed by atoms with E-state index < -0.39 is 0 Å². The highest BCUT2D eigenvalue weighted by atomic mass is 16.5. The molecule has 0 aromatic heterocycles. The van der Waals surface area contributed by atoms with Crippen LogP contribution >= 0.6 is 0 Å². The van der Waals surface area contributed by atoms with Gasteiger partial charge in [-0.05, 0) is 44.2 Å². The fraction of sp³-hybridized carbons (Fsp3) is 1.00. The second-order valence-corrected chi connectivity index (χ2v) is 6.14. The third kappa shape index (κ3) is 3.69. The van der Waals surface area contributed by atoms with Gasteiger partial charge in [0.15, 0.2) is 0 Å². The van der Waals surface area contributed by atoms with Crippen molar-refractivity contribution < 1.29 is 4.74 Å². The molecule has 2 fully saturated rings. The van der Waals surface area contributed by atoms with Gasteiger partial charge in [-0.15, -0.1) is 0 Å². The van der Waals surface area contributed by atoms with E-state index in [1.165, 1.54) is 51.7 Å². The summed E-state index contributed by atoms with van der Waals surface area (Å²) in [5.74, 6) is 0. The standard InChI is InChI=1S/C15H30N2O/c1-3-7-15(8-9-16-12-15)13-17(4-2)11-14-6-5-10-18-14/h14,16H,3-13H2,1-2H3. The van der Waals surface area contributed by atoms with E-state index in [9.17, 15) is 0 Å². The van der Waals surface area contributed by atoms with E-state index in [2.05, 4.69) is 24.1 Å². The summed E-state index contributed by atoms with van der Waals surface area (Å²) in [5, 5.41) is 3.56. The summed E-state index contributed by atoms with van der Waals surface area (Å²) in [5.41, 5.74) is 0.531. The lowest BCUT2D eigenvalue weighted by Crippen LogP contribution is -2.42. The molecular weight excluding hydrogens is 224 g/mol. The summed E-state index contributed by atoms with van der Waals surface area (Å²) in [4.78, 5) is 2.62. The largest absolute Gasteiger partial charge is 0.377 e. The first-order chi connectivity index (χ1) is 8.78. The van der Waals surface area contributed by atoms with Gasteiger partial charge < -0.3 is 15.0 Å². The number of hydrogen-bond acceptors (Lipinski definition) is 3. The quantitative estimate of drug-likeness (QED) is 0.754. The predicted molar refractivity (Wildman–Crippen MR) is 75.9 cm³/mol. The van der Waals surface area contributed by atoms with Gasteiger partial charge in [0.05, 0.1) is 6.10 Å². The number of rotatable bonds is 7. The van der Waals surface area contributed by atoms with Crippen LogP contribution in [0.3, 0.4) is 0 Å². The summed E-state index contributed by atoms with van der Waals surface area (Å²) < 4.78 is 5.79. The fourth-order valence-electron chi connectivity index (χ4n) is 3.61. The Balaban J connectivity index is 1.86. The summed E-state index contributed by atoms with van der Waals surface area (Å²) in [6.45, 7) is 11.6. The van der Waals surface area contributed by atoms with Crippen LogP contribution in [0.2, 0.25) is 0 Å². The average Bonchev–Trinajstić information content (AvgIpc) is 3.01. The van der Waals surface area contributed by atoms with Crippen molar-refractivity contribution in [3.05, 3.63) is 0 Å². The molecule has 0 radical (unpaired) electrons. The molecule has 1 N–H and O–H groups in total. The molecule has 2 atom stereocenters. The first-order valence-electron chi connectivity index (χ1n) is 7.83. The Bertz CT molecular complexity index is 233. The maximum absolute atomic E-state index is 5.79. The highest BCUT2D eigenvalue weighted by Gasteiger charge is 2.35. The van der Waals surface area contributed by atoms with E-state index in [1.54, 1.807) is 0 Å². The number of ether oxygens (including phenoxy) is 1. The second-order valence-electron chi connectivity index (χ2n) is 6.14. The Morgan fingerprint density at radius 3 is 2.83 bits per heavy atom. The maximum atomic E-state index is 5.79. The van der Waals surface area contributed by atoms with Crippen LogP contribution in [0, 0.1) is 5.41 Å². The molecule has 0 saturated carbocycles. The third-order valence-electron chi connectivity index (χ3n) is 4.60. The van der Waals surface area contributed by atoms with Crippen molar-refractivity contribution in [1.29, 1.82) is 0 Å². The molecule has 3 nitrogen and oxygen atoms in total. The molecule has 2 rings (SSSR count). The molecular formula is C15H30N2O. The average molecular weight is 254 g/mol. The van der Waals surface area contributed by atoms with E-state index in [1.807, 2.05) is 0 Å². The lowest BCUT2D eigenvalue weighted by atomic mass is 9.82. The zero-order valence-electron chi connectivity index (χ0n) is 12.2. The Kier molecular flexibility index (Phi) is 5.46. The lowest BCUT2D eigenvalue weighted by molar-refractivity contribution is 0.0569. The number of nitrogens with zero attached hydrogens (tertiary/aromatic N) is 1. The van der Waals surface area contributed by atoms with Crippen LogP contribution in [0.25, 0.3) is 0 Å². The molecule has 18 heavy (non-hydrogen) atoms. The lowest BCUT2D eigenvalue weighted by Gasteiger charge is -2.35. The smallest absolute Gasteiger partial charge is 0.0702 e. The van der Waals surface area contributed by atoms with Crippen LogP contribution < -0.4 is 5.32 Å². The summed E-state index contributed by atoms with van der Waals surface area (Å²) in [7, 11) is 0. The molecule has 0 spiro atoms. The minimum Gasteiger partial charge on any atom is -0.377 e. The van der Waals surface area contributed by atoms with Crippen LogP contribution in [0.1, 0.15) is 46.0 Å². The van der Waals surface area contributed by atoms with Crippen LogP contribution in [0.4, 0.5) is 0 Å². The SMILES string of the molecule is CCCC1(CN(CC)CC2CCCO2)CCNC1. The summed E-state index contributed by atoms with van der Waals surface area (Å²) in [6, 6.07) is 0. The van der Waals surface area contributed by atoms with Gasteiger partial charge in [0.2, 0.25) is 0 Å². The van der Waals surface area contributed by atoms with Gasteiger partial charge in [0.25, 0.3) is 0 Å². The molecule has 0 aromatic carbocycles. The normalized spacial score (nSPS) is 32.5. The van der Waals surface area contributed by atoms with E-state index in [0.29, 0.717) is 11.5 Å². The topological polar surface area (TPSA) is 24.5 Å². The third-order valence-corrected chi connectivity index (χ3v) is 4.60. The fourth-order valence-corrected chi connectivity index (χ4v) is 3.61. The van der Waals surface area contributed by atoms with Gasteiger partial charge in [-0.25, -0.2) is 0 Å². The highest BCUT2D eigenvalue weighted by molar-refractivity contribution is 4.90. The van der Waals surface area contributed by atoms with Crippen molar-refractivity contribution in [1.82, 2.24) is 10.2 Å². The van der Waals surface area contributed by atoms with Crippen molar-refractivity contribution in [3.8, 4) is 0 Å². The van der Waals surface area contributed by atoms with Crippen molar-refractivity contribution in [3.63, 3.8) is 0 Å². The van der Waals surface area contributed by atoms with Gasteiger partial charge in [0, 0.05) is 26.2 Å². The Hall–Kier alpha value is -0.120. The molecule has 0 aliphatic carbocycles. The zero-order valence-corrected chi connectivity index (χ0v) is 12.2. The Morgan fingerprint density at radius 2 is 2.28 bits per heavy atom. The van der Waals surface area contributed by atoms with Crippen molar-refractivity contribution in [2.75, 3.05) is 39.3 Å². The Morgan fingerprint density at radius 1 is 1.39 bits per heavy atom. The molecule has 0 aromatic rings. The highest BCUT2D eigenvalue weighted by Crippen LogP contribution is 2.32. The summed E-state index contributed by atoms with van der Waals surface area (Å²) in [6.07, 6.45) is 7.03. The molecule has 2 aliphatic heterocycles. The van der Waals surface area contributed by atoms with Crippen molar-refractivity contribution in [2.24, 2.45) is 5.41 Å². The van der Waals surface area contributed by atoms with Gasteiger partial charge in [-0.2, -0.15) is 0 Å². The van der Waals surface area contributed by atoms with E-state index >= 15 is 0 Å². The van der Waals surface area contributed by atoms with Crippen LogP contribution in [0.5, 0.6) is 0 Å². The summed E-state index contributed by atoms with van der Waals surface area (Å²) >= 11 is 0. The van der Waals surface area contributed by atoms with Crippen LogP contribution in [-0.4, -0.2) is 50.3 Å². The molecule has 2 unspecified atom stereocenters. The molecule has 2 aliphatic rings. The van der Waals surface area contributed by atoms with Crippen molar-refractivity contribution >= 4 is 0 Å². The number of likely N-dealkylation sites (N-methyl/N-ethyl adjacent to an activating group) is 1. The van der Waals surface area contributed by atoms with Gasteiger partial charge in [-0.3, -0.25) is 0 Å². The maximum Gasteiger partial charge on any atom is 0.0702 e. The first kappa shape index (κ1) is 14.3. The molecule has 2 saturated heterocycles. The monoisotopic (exact) mass is 254 g/mol. The van der Waals surface area contributed by atoms with E-state index in [0.717, 1.165) is 19.7 Å². The van der Waals surface area contributed by atoms with Gasteiger partial charge >= 0.3 is 0 Å². The van der Waals surface area contributed by atoms with Gasteiger partial charge in [-0.1, -0.05) is 20.3 Å². The molecule has 0 bridgehead atoms. The van der Waals surface area contributed by atoms with Gasteiger partial charge in [0.1, 0.15) is 0 Å². The minimum absolute atomic E-state index is 0.498. The number of hydrogen-bond donors (Lipinski definition) is 1. The Labute approximate surface area is 112 Å². The molecule has 0 amide bonds. The van der Waals surface area contributed by atoms with Crippen LogP contribution in [-0.2, 0) is 4.74 Å².